The maximum atomic E-state index is 11.9. The number of carboxylic acids is 1. The number of hydrogen-bond acceptors (Lipinski definition) is 4. The first-order valence-electron chi connectivity index (χ1n) is 6.95. The molecule has 1 aliphatic rings. The van der Waals surface area contributed by atoms with Gasteiger partial charge in [0, 0.05) is 6.04 Å². The normalized spacial score (nSPS) is 25.3. The smallest absolute Gasteiger partial charge is 0.317 e. The van der Waals surface area contributed by atoms with Gasteiger partial charge in [0.2, 0.25) is 0 Å². The monoisotopic (exact) mass is 288 g/mol. The molecule has 0 saturated carbocycles. The molecular weight excluding hydrogens is 264 g/mol. The SMILES string of the molecule is CC(CCCC(C)C(=O)O)NC(=O)N1CC(O)C(O)C1. The number of nitrogens with zero attached hydrogens (tertiary/aromatic N) is 1. The molecule has 7 nitrogen and oxygen atoms in total. The van der Waals surface area contributed by atoms with Crippen molar-refractivity contribution in [2.24, 2.45) is 5.92 Å². The van der Waals surface area contributed by atoms with E-state index in [0.717, 1.165) is 6.42 Å². The van der Waals surface area contributed by atoms with Crippen molar-refractivity contribution in [2.75, 3.05) is 13.1 Å². The third-order valence-electron chi connectivity index (χ3n) is 3.61. The number of carboxylic acid groups (broad SMARTS) is 1. The minimum atomic E-state index is -0.882. The fourth-order valence-corrected chi connectivity index (χ4v) is 2.16. The molecule has 1 heterocycles. The number of aliphatic hydroxyl groups excluding tert-OH is 2. The predicted octanol–water partition coefficient (Wildman–Crippen LogP) is 0.0129. The topological polar surface area (TPSA) is 110 Å². The summed E-state index contributed by atoms with van der Waals surface area (Å²) in [6.45, 7) is 3.79. The Morgan fingerprint density at radius 3 is 2.25 bits per heavy atom. The van der Waals surface area contributed by atoms with E-state index in [1.54, 1.807) is 6.92 Å². The van der Waals surface area contributed by atoms with Gasteiger partial charge in [0.1, 0.15) is 0 Å². The second-order valence-corrected chi connectivity index (χ2v) is 5.56. The lowest BCUT2D eigenvalue weighted by molar-refractivity contribution is -0.141. The summed E-state index contributed by atoms with van der Waals surface area (Å²) in [6.07, 6.45) is 0.235. The molecule has 0 bridgehead atoms. The van der Waals surface area contributed by atoms with Crippen LogP contribution in [-0.4, -0.2) is 63.6 Å². The molecule has 4 atom stereocenters. The number of nitrogens with one attached hydrogen (secondary N) is 1. The average molecular weight is 288 g/mol. The number of carbonyl (C=O) groups is 2. The number of β-amino-alcohol motifs (C(OH)–C–C–N with tert-alkyl or cyclic N) is 2. The van der Waals surface area contributed by atoms with E-state index < -0.39 is 18.2 Å². The van der Waals surface area contributed by atoms with Crippen molar-refractivity contribution in [2.45, 2.75) is 51.4 Å². The van der Waals surface area contributed by atoms with Gasteiger partial charge >= 0.3 is 12.0 Å². The zero-order valence-corrected chi connectivity index (χ0v) is 12.0. The fraction of sp³-hybridized carbons (Fsp3) is 0.846. The van der Waals surface area contributed by atoms with Crippen LogP contribution in [0, 0.1) is 5.92 Å². The number of carbonyl (C=O) groups excluding carboxylic acids is 1. The van der Waals surface area contributed by atoms with E-state index in [0.29, 0.717) is 12.8 Å². The summed E-state index contributed by atoms with van der Waals surface area (Å²) in [6, 6.07) is -0.377. The van der Waals surface area contributed by atoms with E-state index in [1.807, 2.05) is 6.92 Å². The van der Waals surface area contributed by atoms with E-state index in [1.165, 1.54) is 4.90 Å². The summed E-state index contributed by atoms with van der Waals surface area (Å²) < 4.78 is 0. The van der Waals surface area contributed by atoms with Crippen molar-refractivity contribution in [3.8, 4) is 0 Å². The highest BCUT2D eigenvalue weighted by atomic mass is 16.4. The molecule has 7 heteroatoms. The Kier molecular flexibility index (Phi) is 6.22. The molecule has 0 aromatic carbocycles. The molecule has 4 N–H and O–H groups in total. The summed E-state index contributed by atoms with van der Waals surface area (Å²) in [7, 11) is 0. The lowest BCUT2D eigenvalue weighted by atomic mass is 10.0. The van der Waals surface area contributed by atoms with E-state index in [4.69, 9.17) is 5.11 Å². The van der Waals surface area contributed by atoms with Crippen LogP contribution < -0.4 is 5.32 Å². The number of aliphatic hydroxyl groups is 2. The average Bonchev–Trinajstić information content (AvgIpc) is 2.69. The van der Waals surface area contributed by atoms with Gasteiger partial charge < -0.3 is 25.5 Å². The molecular formula is C13H24N2O5. The zero-order valence-electron chi connectivity index (χ0n) is 12.0. The van der Waals surface area contributed by atoms with Gasteiger partial charge in [-0.1, -0.05) is 13.3 Å². The Bertz CT molecular complexity index is 340. The van der Waals surface area contributed by atoms with Crippen molar-refractivity contribution in [1.29, 1.82) is 0 Å². The number of hydrogen-bond donors (Lipinski definition) is 4. The van der Waals surface area contributed by atoms with Crippen LogP contribution >= 0.6 is 0 Å². The second-order valence-electron chi connectivity index (χ2n) is 5.56. The molecule has 1 fully saturated rings. The van der Waals surface area contributed by atoms with E-state index in [2.05, 4.69) is 5.32 Å². The van der Waals surface area contributed by atoms with Crippen LogP contribution in [0.4, 0.5) is 4.79 Å². The van der Waals surface area contributed by atoms with Crippen LogP contribution in [0.5, 0.6) is 0 Å². The summed E-state index contributed by atoms with van der Waals surface area (Å²) >= 11 is 0. The van der Waals surface area contributed by atoms with Gasteiger partial charge in [-0.3, -0.25) is 4.79 Å². The molecule has 1 rings (SSSR count). The highest BCUT2D eigenvalue weighted by molar-refractivity contribution is 5.75. The Morgan fingerprint density at radius 1 is 1.20 bits per heavy atom. The first-order chi connectivity index (χ1) is 9.31. The van der Waals surface area contributed by atoms with Crippen LogP contribution in [0.1, 0.15) is 33.1 Å². The Labute approximate surface area is 118 Å². The Morgan fingerprint density at radius 2 is 1.75 bits per heavy atom. The molecule has 0 aromatic rings. The van der Waals surface area contributed by atoms with Crippen LogP contribution in [-0.2, 0) is 4.79 Å². The van der Waals surface area contributed by atoms with E-state index in [-0.39, 0.29) is 31.1 Å². The lowest BCUT2D eigenvalue weighted by Gasteiger charge is -2.20. The lowest BCUT2D eigenvalue weighted by Crippen LogP contribution is -2.43. The standard InChI is InChI=1S/C13H24N2O5/c1-8(12(18)19)4-3-5-9(2)14-13(20)15-6-10(16)11(17)7-15/h8-11,16-17H,3-7H2,1-2H3,(H,14,20)(H,18,19). The molecule has 0 aromatic heterocycles. The van der Waals surface area contributed by atoms with Crippen LogP contribution in [0.15, 0.2) is 0 Å². The number of likely N-dealkylation sites (tertiary alicyclic amines) is 1. The van der Waals surface area contributed by atoms with Crippen molar-refractivity contribution >= 4 is 12.0 Å². The highest BCUT2D eigenvalue weighted by Gasteiger charge is 2.32. The van der Waals surface area contributed by atoms with Crippen molar-refractivity contribution < 1.29 is 24.9 Å². The summed E-state index contributed by atoms with van der Waals surface area (Å²) in [5, 5.41) is 30.3. The summed E-state index contributed by atoms with van der Waals surface area (Å²) in [5.41, 5.74) is 0. The van der Waals surface area contributed by atoms with Crippen molar-refractivity contribution in [3.63, 3.8) is 0 Å². The van der Waals surface area contributed by atoms with Gasteiger partial charge in [0.25, 0.3) is 0 Å². The molecule has 0 radical (unpaired) electrons. The Hall–Kier alpha value is -1.34. The third-order valence-corrected chi connectivity index (χ3v) is 3.61. The number of rotatable bonds is 6. The van der Waals surface area contributed by atoms with Gasteiger partial charge in [0.05, 0.1) is 31.2 Å². The molecule has 0 spiro atoms. The first kappa shape index (κ1) is 16.7. The molecule has 1 aliphatic heterocycles. The van der Waals surface area contributed by atoms with Gasteiger partial charge in [0.15, 0.2) is 0 Å². The minimum Gasteiger partial charge on any atom is -0.481 e. The van der Waals surface area contributed by atoms with Crippen LogP contribution in [0.3, 0.4) is 0 Å². The molecule has 20 heavy (non-hydrogen) atoms. The quantitative estimate of drug-likeness (QED) is 0.550. The molecule has 4 unspecified atom stereocenters. The maximum absolute atomic E-state index is 11.9. The molecule has 0 aliphatic carbocycles. The number of urea groups is 1. The maximum Gasteiger partial charge on any atom is 0.317 e. The van der Waals surface area contributed by atoms with Crippen molar-refractivity contribution in [1.82, 2.24) is 10.2 Å². The molecule has 2 amide bonds. The zero-order chi connectivity index (χ0) is 15.3. The van der Waals surface area contributed by atoms with Crippen LogP contribution in [0.25, 0.3) is 0 Å². The van der Waals surface area contributed by atoms with Gasteiger partial charge in [-0.15, -0.1) is 0 Å². The Balaban J connectivity index is 2.23. The summed E-state index contributed by atoms with van der Waals surface area (Å²) in [4.78, 5) is 23.9. The predicted molar refractivity (Wildman–Crippen MR) is 72.2 cm³/mol. The minimum absolute atomic E-state index is 0.0709. The third kappa shape index (κ3) is 4.97. The largest absolute Gasteiger partial charge is 0.481 e. The number of amides is 2. The van der Waals surface area contributed by atoms with E-state index >= 15 is 0 Å². The van der Waals surface area contributed by atoms with Crippen LogP contribution in [0.2, 0.25) is 0 Å². The van der Waals surface area contributed by atoms with Gasteiger partial charge in [-0.05, 0) is 19.8 Å². The number of aliphatic carboxylic acids is 1. The van der Waals surface area contributed by atoms with Crippen molar-refractivity contribution in [3.05, 3.63) is 0 Å². The summed E-state index contributed by atoms with van der Waals surface area (Å²) in [5.74, 6) is -1.18. The van der Waals surface area contributed by atoms with Gasteiger partial charge in [-0.25, -0.2) is 4.79 Å². The highest BCUT2D eigenvalue weighted by Crippen LogP contribution is 2.12. The van der Waals surface area contributed by atoms with Gasteiger partial charge in [-0.2, -0.15) is 0 Å². The second kappa shape index (κ2) is 7.44. The fourth-order valence-electron chi connectivity index (χ4n) is 2.16. The first-order valence-corrected chi connectivity index (χ1v) is 6.95. The molecule has 116 valence electrons. The molecule has 1 saturated heterocycles. The van der Waals surface area contributed by atoms with E-state index in [9.17, 15) is 19.8 Å².